The Morgan fingerprint density at radius 3 is 2.56 bits per heavy atom. The fourth-order valence-corrected chi connectivity index (χ4v) is 4.73. The Kier molecular flexibility index (Phi) is 1.90. The van der Waals surface area contributed by atoms with Gasteiger partial charge in [-0.25, -0.2) is 8.42 Å². The van der Waals surface area contributed by atoms with Gasteiger partial charge in [0.15, 0.2) is 0 Å². The van der Waals surface area contributed by atoms with Gasteiger partial charge in [-0.1, -0.05) is 30.3 Å². The zero-order valence-corrected chi connectivity index (χ0v) is 9.64. The minimum atomic E-state index is -3.48. The fraction of sp³-hybridized carbons (Fsp3) is 0. The molecule has 0 unspecified atom stereocenters. The lowest BCUT2D eigenvalue weighted by Crippen LogP contribution is -1.91. The summed E-state index contributed by atoms with van der Waals surface area (Å²) in [6.45, 7) is 0. The van der Waals surface area contributed by atoms with Crippen molar-refractivity contribution in [2.45, 2.75) is 4.90 Å². The van der Waals surface area contributed by atoms with Crippen LogP contribution in [0.15, 0.2) is 41.3 Å². The average Bonchev–Trinajstić information content (AvgIpc) is 2.49. The van der Waals surface area contributed by atoms with E-state index in [4.69, 9.17) is 0 Å². The maximum absolute atomic E-state index is 11.7. The third kappa shape index (κ3) is 1.22. The molecule has 16 heavy (non-hydrogen) atoms. The van der Waals surface area contributed by atoms with Crippen LogP contribution in [0.1, 0.15) is 10.4 Å². The van der Waals surface area contributed by atoms with E-state index in [0.29, 0.717) is 21.7 Å². The van der Waals surface area contributed by atoms with Gasteiger partial charge in [0, 0.05) is 0 Å². The summed E-state index contributed by atoms with van der Waals surface area (Å²) in [5, 5.41) is 1.21. The van der Waals surface area contributed by atoms with Crippen molar-refractivity contribution in [1.82, 2.24) is 0 Å². The van der Waals surface area contributed by atoms with Crippen LogP contribution >= 0.6 is 10.8 Å². The van der Waals surface area contributed by atoms with Crippen LogP contribution in [-0.4, -0.2) is 13.5 Å². The minimum Gasteiger partial charge on any atom is -0.280 e. The first-order valence-electron chi connectivity index (χ1n) is 4.60. The molecule has 3 nitrogen and oxygen atoms in total. The third-order valence-corrected chi connectivity index (χ3v) is 5.65. The molecule has 0 saturated carbocycles. The molecule has 0 aromatic heterocycles. The molecule has 1 aliphatic rings. The normalized spacial score (nSPS) is 17.6. The summed E-state index contributed by atoms with van der Waals surface area (Å²) in [5.74, 6) is 0. The quantitative estimate of drug-likeness (QED) is 0.674. The second-order valence-electron chi connectivity index (χ2n) is 3.48. The molecule has 0 aliphatic carbocycles. The predicted octanol–water partition coefficient (Wildman–Crippen LogP) is 2.42. The van der Waals surface area contributed by atoms with E-state index >= 15 is 0 Å². The SMILES string of the molecule is O=C1SS(=O)(=O)c2ccc3ccccc3c21. The van der Waals surface area contributed by atoms with Gasteiger partial charge in [0.25, 0.3) is 0 Å². The fourth-order valence-electron chi connectivity index (χ4n) is 1.86. The van der Waals surface area contributed by atoms with E-state index < -0.39 is 8.87 Å². The van der Waals surface area contributed by atoms with Crippen LogP contribution in [0.4, 0.5) is 0 Å². The summed E-state index contributed by atoms with van der Waals surface area (Å²) in [6, 6.07) is 10.5. The van der Waals surface area contributed by atoms with Crippen LogP contribution in [0.3, 0.4) is 0 Å². The molecule has 1 aliphatic heterocycles. The summed E-state index contributed by atoms with van der Waals surface area (Å²) in [6.07, 6.45) is 0. The first kappa shape index (κ1) is 9.86. The largest absolute Gasteiger partial charge is 0.280 e. The van der Waals surface area contributed by atoms with Crippen molar-refractivity contribution in [3.63, 3.8) is 0 Å². The van der Waals surface area contributed by atoms with Crippen molar-refractivity contribution in [1.29, 1.82) is 0 Å². The molecule has 3 rings (SSSR count). The van der Waals surface area contributed by atoms with Gasteiger partial charge in [0.2, 0.25) is 14.0 Å². The smallest absolute Gasteiger partial charge is 0.238 e. The number of hydrogen-bond acceptors (Lipinski definition) is 4. The number of carbonyl (C=O) groups excluding carboxylic acids is 1. The number of hydrogen-bond donors (Lipinski definition) is 0. The lowest BCUT2D eigenvalue weighted by Gasteiger charge is -2.01. The molecular weight excluding hydrogens is 244 g/mol. The van der Waals surface area contributed by atoms with Gasteiger partial charge in [0.1, 0.15) is 0 Å². The van der Waals surface area contributed by atoms with Crippen LogP contribution in [0, 0.1) is 0 Å². The Labute approximate surface area is 95.8 Å². The molecule has 0 atom stereocenters. The Hall–Kier alpha value is -1.33. The third-order valence-electron chi connectivity index (χ3n) is 2.55. The minimum absolute atomic E-state index is 0.140. The van der Waals surface area contributed by atoms with Crippen LogP contribution < -0.4 is 0 Å². The van der Waals surface area contributed by atoms with Crippen LogP contribution in [0.2, 0.25) is 0 Å². The number of carbonyl (C=O) groups is 1. The molecule has 0 spiro atoms. The maximum Gasteiger partial charge on any atom is 0.238 e. The molecule has 0 bridgehead atoms. The van der Waals surface area contributed by atoms with Crippen molar-refractivity contribution in [3.05, 3.63) is 42.0 Å². The number of rotatable bonds is 0. The highest BCUT2D eigenvalue weighted by molar-refractivity contribution is 8.78. The van der Waals surface area contributed by atoms with Crippen molar-refractivity contribution in [3.8, 4) is 0 Å². The monoisotopic (exact) mass is 250 g/mol. The lowest BCUT2D eigenvalue weighted by molar-refractivity contribution is 0.109. The number of benzene rings is 2. The van der Waals surface area contributed by atoms with Crippen molar-refractivity contribution in [2.24, 2.45) is 0 Å². The van der Waals surface area contributed by atoms with Gasteiger partial charge >= 0.3 is 0 Å². The molecule has 2 aromatic rings. The Balaban J connectivity index is 2.54. The first-order chi connectivity index (χ1) is 7.59. The lowest BCUT2D eigenvalue weighted by atomic mass is 10.1. The molecular formula is C11H6O3S2. The first-order valence-corrected chi connectivity index (χ1v) is 7.42. The average molecular weight is 250 g/mol. The molecule has 1 heterocycles. The Morgan fingerprint density at radius 2 is 1.75 bits per heavy atom. The summed E-state index contributed by atoms with van der Waals surface area (Å²) < 4.78 is 23.3. The van der Waals surface area contributed by atoms with Crippen LogP contribution in [0.5, 0.6) is 0 Å². The molecule has 0 fully saturated rings. The van der Waals surface area contributed by atoms with Crippen molar-refractivity contribution in [2.75, 3.05) is 0 Å². The Bertz CT molecular complexity index is 717. The predicted molar refractivity (Wildman–Crippen MR) is 63.1 cm³/mol. The molecule has 2 aromatic carbocycles. The summed E-state index contributed by atoms with van der Waals surface area (Å²) >= 11 is 0. The van der Waals surface area contributed by atoms with Crippen LogP contribution in [-0.2, 0) is 8.87 Å². The summed E-state index contributed by atoms with van der Waals surface area (Å²) in [7, 11) is -3.08. The Morgan fingerprint density at radius 1 is 1.00 bits per heavy atom. The highest BCUT2D eigenvalue weighted by Gasteiger charge is 2.35. The van der Waals surface area contributed by atoms with E-state index in [2.05, 4.69) is 0 Å². The molecule has 0 radical (unpaired) electrons. The van der Waals surface area contributed by atoms with Crippen molar-refractivity contribution < 1.29 is 13.2 Å². The standard InChI is InChI=1S/C11H6O3S2/c12-11-10-8-4-2-1-3-7(8)5-6-9(10)16(13,14)15-11/h1-6H. The molecule has 0 amide bonds. The molecule has 0 saturated heterocycles. The molecule has 5 heteroatoms. The van der Waals surface area contributed by atoms with E-state index in [9.17, 15) is 13.2 Å². The summed E-state index contributed by atoms with van der Waals surface area (Å²) in [4.78, 5) is 11.8. The van der Waals surface area contributed by atoms with Gasteiger partial charge in [-0.15, -0.1) is 0 Å². The van der Waals surface area contributed by atoms with Gasteiger partial charge in [0.05, 0.1) is 21.3 Å². The highest BCUT2D eigenvalue weighted by atomic mass is 33.1. The van der Waals surface area contributed by atoms with E-state index in [1.165, 1.54) is 6.07 Å². The van der Waals surface area contributed by atoms with Gasteiger partial charge in [-0.3, -0.25) is 4.79 Å². The molecule has 0 N–H and O–H groups in total. The maximum atomic E-state index is 11.7. The summed E-state index contributed by atoms with van der Waals surface area (Å²) in [5.41, 5.74) is 0.322. The van der Waals surface area contributed by atoms with Gasteiger partial charge in [-0.2, -0.15) is 0 Å². The highest BCUT2D eigenvalue weighted by Crippen LogP contribution is 2.41. The van der Waals surface area contributed by atoms with Gasteiger partial charge in [-0.05, 0) is 16.8 Å². The zero-order chi connectivity index (χ0) is 11.3. The topological polar surface area (TPSA) is 51.2 Å². The zero-order valence-electron chi connectivity index (χ0n) is 8.01. The second-order valence-corrected chi connectivity index (χ2v) is 7.19. The number of fused-ring (bicyclic) bond motifs is 3. The van der Waals surface area contributed by atoms with Crippen LogP contribution in [0.25, 0.3) is 10.8 Å². The van der Waals surface area contributed by atoms with Gasteiger partial charge < -0.3 is 0 Å². The van der Waals surface area contributed by atoms with E-state index in [0.717, 1.165) is 5.39 Å². The molecule has 80 valence electrons. The van der Waals surface area contributed by atoms with Crippen molar-refractivity contribution >= 4 is 35.6 Å². The van der Waals surface area contributed by atoms with E-state index in [-0.39, 0.29) is 10.0 Å². The van der Waals surface area contributed by atoms with E-state index in [1.807, 2.05) is 12.1 Å². The second kappa shape index (κ2) is 3.09. The van der Waals surface area contributed by atoms with E-state index in [1.54, 1.807) is 18.2 Å².